The monoisotopic (exact) mass is 402 g/mol. The van der Waals surface area contributed by atoms with E-state index in [2.05, 4.69) is 26.1 Å². The largest absolute Gasteiger partial charge is 0.480 e. The van der Waals surface area contributed by atoms with Crippen LogP contribution in [-0.4, -0.2) is 42.1 Å². The molecule has 2 heterocycles. The lowest BCUT2D eigenvalue weighted by Gasteiger charge is -2.30. The van der Waals surface area contributed by atoms with Gasteiger partial charge in [0, 0.05) is 18.6 Å². The van der Waals surface area contributed by atoms with Gasteiger partial charge in [0.25, 0.3) is 5.91 Å². The molecule has 128 valence electrons. The number of nitrogens with one attached hydrogen (secondary N) is 1. The number of carbonyl (C=O) groups is 1. The molecule has 1 aromatic rings. The van der Waals surface area contributed by atoms with Crippen molar-refractivity contribution in [2.75, 3.05) is 13.1 Å². The summed E-state index contributed by atoms with van der Waals surface area (Å²) in [6.45, 7) is 5.80. The third-order valence-corrected chi connectivity index (χ3v) is 5.27. The Bertz CT molecular complexity index is 556. The molecule has 0 aliphatic carbocycles. The van der Waals surface area contributed by atoms with Crippen LogP contribution in [0.1, 0.15) is 31.7 Å². The highest BCUT2D eigenvalue weighted by Gasteiger charge is 2.40. The Morgan fingerprint density at radius 3 is 2.83 bits per heavy atom. The van der Waals surface area contributed by atoms with Crippen molar-refractivity contribution in [1.82, 2.24) is 10.2 Å². The Morgan fingerprint density at radius 1 is 1.35 bits per heavy atom. The number of aryl methyl sites for hydroxylation is 1. The van der Waals surface area contributed by atoms with E-state index in [0.717, 1.165) is 48.1 Å². The predicted octanol–water partition coefficient (Wildman–Crippen LogP) is 3.30. The van der Waals surface area contributed by atoms with Gasteiger partial charge in [-0.25, -0.2) is 0 Å². The second-order valence-corrected chi connectivity index (χ2v) is 7.17. The Labute approximate surface area is 152 Å². The summed E-state index contributed by atoms with van der Waals surface area (Å²) in [5, 5.41) is 3.43. The molecule has 3 rings (SSSR count). The van der Waals surface area contributed by atoms with Gasteiger partial charge in [0.05, 0.1) is 4.47 Å². The van der Waals surface area contributed by atoms with Gasteiger partial charge >= 0.3 is 0 Å². The Hall–Kier alpha value is -0.780. The Kier molecular flexibility index (Phi) is 6.34. The summed E-state index contributed by atoms with van der Waals surface area (Å²) in [4.78, 5) is 14.9. The van der Waals surface area contributed by atoms with Crippen LogP contribution in [-0.2, 0) is 4.79 Å². The highest BCUT2D eigenvalue weighted by atomic mass is 79.9. The van der Waals surface area contributed by atoms with Crippen LogP contribution >= 0.6 is 28.3 Å². The molecule has 1 N–H and O–H groups in total. The molecule has 3 atom stereocenters. The Morgan fingerprint density at radius 2 is 2.09 bits per heavy atom. The van der Waals surface area contributed by atoms with Crippen LogP contribution in [0.5, 0.6) is 5.75 Å². The third-order valence-electron chi connectivity index (χ3n) is 4.65. The number of amides is 1. The molecule has 2 aliphatic rings. The van der Waals surface area contributed by atoms with Crippen molar-refractivity contribution < 1.29 is 9.53 Å². The van der Waals surface area contributed by atoms with Gasteiger partial charge in [-0.15, -0.1) is 12.4 Å². The zero-order valence-corrected chi connectivity index (χ0v) is 16.0. The number of hydrogen-bond acceptors (Lipinski definition) is 3. The van der Waals surface area contributed by atoms with Crippen LogP contribution in [0, 0.1) is 6.92 Å². The minimum atomic E-state index is -0.458. The highest BCUT2D eigenvalue weighted by Crippen LogP contribution is 2.31. The lowest BCUT2D eigenvalue weighted by molar-refractivity contribution is -0.140. The second-order valence-electron chi connectivity index (χ2n) is 6.32. The molecule has 0 aromatic heterocycles. The fraction of sp³-hybridized carbons (Fsp3) is 0.588. The van der Waals surface area contributed by atoms with Crippen molar-refractivity contribution in [3.8, 4) is 5.75 Å². The van der Waals surface area contributed by atoms with Gasteiger partial charge in [-0.3, -0.25) is 4.79 Å². The minimum Gasteiger partial charge on any atom is -0.480 e. The van der Waals surface area contributed by atoms with E-state index in [0.29, 0.717) is 12.1 Å². The minimum absolute atomic E-state index is 0. The number of halogens is 2. The zero-order chi connectivity index (χ0) is 15.7. The van der Waals surface area contributed by atoms with Crippen molar-refractivity contribution in [3.63, 3.8) is 0 Å². The average molecular weight is 404 g/mol. The summed E-state index contributed by atoms with van der Waals surface area (Å²) in [5.41, 5.74) is 1.16. The van der Waals surface area contributed by atoms with Crippen LogP contribution in [0.15, 0.2) is 22.7 Å². The van der Waals surface area contributed by atoms with Gasteiger partial charge in [0.1, 0.15) is 5.75 Å². The smallest absolute Gasteiger partial charge is 0.263 e. The zero-order valence-electron chi connectivity index (χ0n) is 13.5. The van der Waals surface area contributed by atoms with E-state index in [4.69, 9.17) is 4.74 Å². The first kappa shape index (κ1) is 18.6. The third kappa shape index (κ3) is 4.01. The molecule has 6 heteroatoms. The van der Waals surface area contributed by atoms with Crippen molar-refractivity contribution in [3.05, 3.63) is 28.2 Å². The van der Waals surface area contributed by atoms with Crippen molar-refractivity contribution >= 4 is 34.2 Å². The predicted molar refractivity (Wildman–Crippen MR) is 97.4 cm³/mol. The van der Waals surface area contributed by atoms with Crippen molar-refractivity contribution in [1.29, 1.82) is 0 Å². The summed E-state index contributed by atoms with van der Waals surface area (Å²) in [6, 6.07) is 6.62. The standard InChI is InChI=1S/C17H23BrN2O2.ClH/c1-11-3-6-16(15(18)9-11)22-12(2)17(21)20-13-4-5-14(20)10-19-8-7-13;/h3,6,9,12-14,19H,4-5,7-8,10H2,1-2H3;1H. The van der Waals surface area contributed by atoms with Crippen LogP contribution < -0.4 is 10.1 Å². The number of rotatable bonds is 3. The SMILES string of the molecule is Cc1ccc(OC(C)C(=O)N2C3CCNCC2CC3)c(Br)c1.Cl. The highest BCUT2D eigenvalue weighted by molar-refractivity contribution is 9.10. The normalized spacial score (nSPS) is 24.6. The van der Waals surface area contributed by atoms with E-state index >= 15 is 0 Å². The lowest BCUT2D eigenvalue weighted by atomic mass is 10.1. The molecule has 2 saturated heterocycles. The van der Waals surface area contributed by atoms with Crippen LogP contribution in [0.3, 0.4) is 0 Å². The van der Waals surface area contributed by atoms with E-state index in [1.54, 1.807) is 0 Å². The number of carbonyl (C=O) groups excluding carboxylic acids is 1. The maximum Gasteiger partial charge on any atom is 0.263 e. The van der Waals surface area contributed by atoms with Crippen LogP contribution in [0.2, 0.25) is 0 Å². The molecule has 0 saturated carbocycles. The van der Waals surface area contributed by atoms with Gasteiger partial charge in [0.2, 0.25) is 0 Å². The maximum absolute atomic E-state index is 12.9. The van der Waals surface area contributed by atoms with Gasteiger partial charge in [-0.1, -0.05) is 6.07 Å². The van der Waals surface area contributed by atoms with Crippen molar-refractivity contribution in [2.45, 2.75) is 51.3 Å². The summed E-state index contributed by atoms with van der Waals surface area (Å²) in [6.07, 6.45) is 2.81. The number of nitrogens with zero attached hydrogens (tertiary/aromatic N) is 1. The molecule has 3 unspecified atom stereocenters. The molecule has 4 nitrogen and oxygen atoms in total. The first-order valence-corrected chi connectivity index (χ1v) is 8.81. The molecule has 0 spiro atoms. The van der Waals surface area contributed by atoms with E-state index < -0.39 is 6.10 Å². The van der Waals surface area contributed by atoms with Gasteiger partial charge in [-0.2, -0.15) is 0 Å². The Balaban J connectivity index is 0.00000192. The van der Waals surface area contributed by atoms with Crippen LogP contribution in [0.4, 0.5) is 0 Å². The van der Waals surface area contributed by atoms with Gasteiger partial charge in [-0.05, 0) is 73.3 Å². The van der Waals surface area contributed by atoms with Gasteiger partial charge in [0.15, 0.2) is 6.10 Å². The van der Waals surface area contributed by atoms with E-state index in [9.17, 15) is 4.79 Å². The van der Waals surface area contributed by atoms with Crippen LogP contribution in [0.25, 0.3) is 0 Å². The lowest BCUT2D eigenvalue weighted by Crippen LogP contribution is -2.48. The summed E-state index contributed by atoms with van der Waals surface area (Å²) >= 11 is 3.51. The molecular weight excluding hydrogens is 380 g/mol. The second kappa shape index (κ2) is 7.86. The summed E-state index contributed by atoms with van der Waals surface area (Å²) < 4.78 is 6.82. The maximum atomic E-state index is 12.9. The fourth-order valence-corrected chi connectivity index (χ4v) is 4.08. The number of fused-ring (bicyclic) bond motifs is 2. The van der Waals surface area contributed by atoms with Crippen molar-refractivity contribution in [2.24, 2.45) is 0 Å². The number of benzene rings is 1. The fourth-order valence-electron chi connectivity index (χ4n) is 3.49. The number of hydrogen-bond donors (Lipinski definition) is 1. The first-order valence-electron chi connectivity index (χ1n) is 8.02. The number of ether oxygens (including phenoxy) is 1. The molecule has 1 aromatic carbocycles. The van der Waals surface area contributed by atoms with E-state index in [1.165, 1.54) is 0 Å². The molecule has 23 heavy (non-hydrogen) atoms. The molecule has 2 bridgehead atoms. The average Bonchev–Trinajstić information content (AvgIpc) is 2.74. The van der Waals surface area contributed by atoms with Gasteiger partial charge < -0.3 is 15.0 Å². The molecule has 1 amide bonds. The quantitative estimate of drug-likeness (QED) is 0.842. The van der Waals surface area contributed by atoms with E-state index in [-0.39, 0.29) is 18.3 Å². The summed E-state index contributed by atoms with van der Waals surface area (Å²) in [5.74, 6) is 0.843. The molecule has 2 fully saturated rings. The molecular formula is C17H24BrClN2O2. The topological polar surface area (TPSA) is 41.6 Å². The first-order chi connectivity index (χ1) is 10.6. The summed E-state index contributed by atoms with van der Waals surface area (Å²) in [7, 11) is 0. The molecule has 2 aliphatic heterocycles. The molecule has 0 radical (unpaired) electrons. The van der Waals surface area contributed by atoms with E-state index in [1.807, 2.05) is 32.0 Å².